The molecule has 108 valence electrons. The maximum absolute atomic E-state index is 11.1. The molecule has 0 saturated carbocycles. The fourth-order valence-electron chi connectivity index (χ4n) is 2.57. The maximum Gasteiger partial charge on any atom is 0.335 e. The molecule has 0 fully saturated rings. The normalized spacial score (nSPS) is 10.4. The SMILES string of the molecule is Cc1cc(-c2ccc(-c3ccccc3)cc2)ccc1C(=O)O. The molecule has 3 rings (SSSR count). The van der Waals surface area contributed by atoms with Gasteiger partial charge in [0.2, 0.25) is 0 Å². The summed E-state index contributed by atoms with van der Waals surface area (Å²) in [5.41, 5.74) is 5.60. The van der Waals surface area contributed by atoms with Crippen molar-refractivity contribution in [2.45, 2.75) is 6.92 Å². The second-order valence-corrected chi connectivity index (χ2v) is 5.28. The Balaban J connectivity index is 1.93. The quantitative estimate of drug-likeness (QED) is 0.734. The summed E-state index contributed by atoms with van der Waals surface area (Å²) in [6.45, 7) is 1.82. The van der Waals surface area contributed by atoms with Gasteiger partial charge in [0, 0.05) is 0 Å². The van der Waals surface area contributed by atoms with Gasteiger partial charge in [0.25, 0.3) is 0 Å². The van der Waals surface area contributed by atoms with E-state index in [9.17, 15) is 4.79 Å². The Morgan fingerprint density at radius 1 is 0.727 bits per heavy atom. The topological polar surface area (TPSA) is 37.3 Å². The molecule has 0 unspecified atom stereocenters. The second kappa shape index (κ2) is 5.86. The van der Waals surface area contributed by atoms with Crippen LogP contribution in [0.25, 0.3) is 22.3 Å². The lowest BCUT2D eigenvalue weighted by Crippen LogP contribution is -1.99. The van der Waals surface area contributed by atoms with Crippen molar-refractivity contribution in [3.63, 3.8) is 0 Å². The minimum atomic E-state index is -0.886. The average molecular weight is 288 g/mol. The van der Waals surface area contributed by atoms with Gasteiger partial charge in [-0.3, -0.25) is 0 Å². The molecule has 1 N–H and O–H groups in total. The van der Waals surface area contributed by atoms with Crippen molar-refractivity contribution in [2.24, 2.45) is 0 Å². The Bertz CT molecular complexity index is 803. The summed E-state index contributed by atoms with van der Waals surface area (Å²) < 4.78 is 0. The van der Waals surface area contributed by atoms with Crippen molar-refractivity contribution in [1.82, 2.24) is 0 Å². The van der Waals surface area contributed by atoms with Gasteiger partial charge in [-0.2, -0.15) is 0 Å². The first-order valence-electron chi connectivity index (χ1n) is 7.15. The molecule has 0 saturated heterocycles. The molecule has 0 aliphatic rings. The molecule has 3 aromatic carbocycles. The number of aromatic carboxylic acids is 1. The number of hydrogen-bond donors (Lipinski definition) is 1. The molecule has 0 aliphatic carbocycles. The Hall–Kier alpha value is -2.87. The van der Waals surface area contributed by atoms with E-state index in [1.54, 1.807) is 6.07 Å². The van der Waals surface area contributed by atoms with Crippen molar-refractivity contribution in [3.05, 3.63) is 83.9 Å². The van der Waals surface area contributed by atoms with Crippen LogP contribution in [-0.4, -0.2) is 11.1 Å². The summed E-state index contributed by atoms with van der Waals surface area (Å²) in [5.74, 6) is -0.886. The van der Waals surface area contributed by atoms with Crippen LogP contribution in [0, 0.1) is 6.92 Å². The zero-order valence-corrected chi connectivity index (χ0v) is 12.3. The summed E-state index contributed by atoms with van der Waals surface area (Å²) in [6.07, 6.45) is 0. The van der Waals surface area contributed by atoms with Gasteiger partial charge in [-0.25, -0.2) is 4.79 Å². The van der Waals surface area contributed by atoms with Crippen LogP contribution in [0.4, 0.5) is 0 Å². The summed E-state index contributed by atoms with van der Waals surface area (Å²) in [7, 11) is 0. The molecule has 0 radical (unpaired) electrons. The molecule has 0 aromatic heterocycles. The molecule has 2 heteroatoms. The number of carboxylic acids is 1. The van der Waals surface area contributed by atoms with Crippen molar-refractivity contribution in [2.75, 3.05) is 0 Å². The predicted octanol–water partition coefficient (Wildman–Crippen LogP) is 5.03. The minimum Gasteiger partial charge on any atom is -0.478 e. The third-order valence-electron chi connectivity index (χ3n) is 3.78. The van der Waals surface area contributed by atoms with E-state index >= 15 is 0 Å². The first-order valence-corrected chi connectivity index (χ1v) is 7.15. The molecule has 0 aliphatic heterocycles. The lowest BCUT2D eigenvalue weighted by molar-refractivity contribution is 0.0696. The Morgan fingerprint density at radius 2 is 1.23 bits per heavy atom. The van der Waals surface area contributed by atoms with Gasteiger partial charge in [0.05, 0.1) is 5.56 Å². The van der Waals surface area contributed by atoms with Gasteiger partial charge in [-0.1, -0.05) is 66.7 Å². The molecular weight excluding hydrogens is 272 g/mol. The number of carbonyl (C=O) groups is 1. The first-order chi connectivity index (χ1) is 10.6. The highest BCUT2D eigenvalue weighted by Crippen LogP contribution is 2.26. The van der Waals surface area contributed by atoms with Gasteiger partial charge in [0.1, 0.15) is 0 Å². The summed E-state index contributed by atoms with van der Waals surface area (Å²) in [5, 5.41) is 9.09. The molecule has 2 nitrogen and oxygen atoms in total. The number of carboxylic acid groups (broad SMARTS) is 1. The first kappa shape index (κ1) is 14.1. The zero-order valence-electron chi connectivity index (χ0n) is 12.3. The van der Waals surface area contributed by atoms with Gasteiger partial charge in [0.15, 0.2) is 0 Å². The highest BCUT2D eigenvalue weighted by molar-refractivity contribution is 5.90. The van der Waals surface area contributed by atoms with Crippen LogP contribution in [0.2, 0.25) is 0 Å². The minimum absolute atomic E-state index is 0.352. The smallest absolute Gasteiger partial charge is 0.335 e. The predicted molar refractivity (Wildman–Crippen MR) is 89.0 cm³/mol. The highest BCUT2D eigenvalue weighted by atomic mass is 16.4. The molecule has 22 heavy (non-hydrogen) atoms. The standard InChI is InChI=1S/C20H16O2/c1-14-13-18(11-12-19(14)20(21)22)17-9-7-16(8-10-17)15-5-3-2-4-6-15/h2-13H,1H3,(H,21,22). The summed E-state index contributed by atoms with van der Waals surface area (Å²) >= 11 is 0. The number of aryl methyl sites for hydroxylation is 1. The number of hydrogen-bond acceptors (Lipinski definition) is 1. The van der Waals surface area contributed by atoms with Crippen LogP contribution >= 0.6 is 0 Å². The van der Waals surface area contributed by atoms with E-state index < -0.39 is 5.97 Å². The molecule has 0 heterocycles. The third kappa shape index (κ3) is 2.77. The molecule has 0 bridgehead atoms. The Kier molecular flexibility index (Phi) is 3.75. The van der Waals surface area contributed by atoms with Crippen molar-refractivity contribution >= 4 is 5.97 Å². The molecule has 3 aromatic rings. The molecule has 0 amide bonds. The monoisotopic (exact) mass is 288 g/mol. The Morgan fingerprint density at radius 3 is 1.77 bits per heavy atom. The van der Waals surface area contributed by atoms with E-state index in [1.165, 1.54) is 11.1 Å². The van der Waals surface area contributed by atoms with Crippen LogP contribution in [0.5, 0.6) is 0 Å². The van der Waals surface area contributed by atoms with Gasteiger partial charge < -0.3 is 5.11 Å². The van der Waals surface area contributed by atoms with Crippen molar-refractivity contribution in [1.29, 1.82) is 0 Å². The Labute approximate surface area is 129 Å². The van der Waals surface area contributed by atoms with Gasteiger partial charge in [-0.05, 0) is 40.8 Å². The van der Waals surface area contributed by atoms with Crippen molar-refractivity contribution in [3.8, 4) is 22.3 Å². The fraction of sp³-hybridized carbons (Fsp3) is 0.0500. The highest BCUT2D eigenvalue weighted by Gasteiger charge is 2.08. The zero-order chi connectivity index (χ0) is 15.5. The van der Waals surface area contributed by atoms with Crippen LogP contribution in [0.1, 0.15) is 15.9 Å². The van der Waals surface area contributed by atoms with Crippen LogP contribution in [0.15, 0.2) is 72.8 Å². The van der Waals surface area contributed by atoms with Crippen LogP contribution in [-0.2, 0) is 0 Å². The van der Waals surface area contributed by atoms with Crippen LogP contribution < -0.4 is 0 Å². The molecular formula is C20H16O2. The average Bonchev–Trinajstić information content (AvgIpc) is 2.55. The van der Waals surface area contributed by atoms with Gasteiger partial charge >= 0.3 is 5.97 Å². The summed E-state index contributed by atoms with van der Waals surface area (Å²) in [6, 6.07) is 24.0. The molecule has 0 atom stereocenters. The van der Waals surface area contributed by atoms with E-state index in [4.69, 9.17) is 5.11 Å². The number of rotatable bonds is 3. The van der Waals surface area contributed by atoms with Gasteiger partial charge in [-0.15, -0.1) is 0 Å². The van der Waals surface area contributed by atoms with E-state index in [2.05, 4.69) is 36.4 Å². The lowest BCUT2D eigenvalue weighted by atomic mass is 9.97. The fourth-order valence-corrected chi connectivity index (χ4v) is 2.57. The van der Waals surface area contributed by atoms with E-state index in [-0.39, 0.29) is 0 Å². The van der Waals surface area contributed by atoms with E-state index in [1.807, 2.05) is 37.3 Å². The second-order valence-electron chi connectivity index (χ2n) is 5.28. The third-order valence-corrected chi connectivity index (χ3v) is 3.78. The van der Waals surface area contributed by atoms with E-state index in [0.717, 1.165) is 16.7 Å². The summed E-state index contributed by atoms with van der Waals surface area (Å²) in [4.78, 5) is 11.1. The largest absolute Gasteiger partial charge is 0.478 e. The van der Waals surface area contributed by atoms with Crippen LogP contribution in [0.3, 0.4) is 0 Å². The molecule has 0 spiro atoms. The van der Waals surface area contributed by atoms with E-state index in [0.29, 0.717) is 5.56 Å². The number of benzene rings is 3. The maximum atomic E-state index is 11.1. The lowest BCUT2D eigenvalue weighted by Gasteiger charge is -2.07. The van der Waals surface area contributed by atoms with Crippen molar-refractivity contribution < 1.29 is 9.90 Å².